The summed E-state index contributed by atoms with van der Waals surface area (Å²) in [6.45, 7) is 0. The van der Waals surface area contributed by atoms with Gasteiger partial charge in [-0.3, -0.25) is 10.4 Å². The molecule has 0 aliphatic heterocycles. The van der Waals surface area contributed by atoms with Crippen molar-refractivity contribution in [2.75, 3.05) is 0 Å². The van der Waals surface area contributed by atoms with Crippen molar-refractivity contribution in [2.45, 2.75) is 5.03 Å². The van der Waals surface area contributed by atoms with Crippen LogP contribution >= 0.6 is 0 Å². The van der Waals surface area contributed by atoms with Gasteiger partial charge in [-0.05, 0) is 12.1 Å². The molecule has 2 rings (SSSR count). The van der Waals surface area contributed by atoms with Gasteiger partial charge in [0, 0.05) is 10.9 Å². The molecular formula is C8H8N2O4S. The topological polar surface area (TPSA) is 93.6 Å². The van der Waals surface area contributed by atoms with E-state index >= 15 is 0 Å². The maximum Gasteiger partial charge on any atom is 0.303 e. The highest BCUT2D eigenvalue weighted by atomic mass is 32.2. The molecule has 1 aromatic carbocycles. The average Bonchev–Trinajstić information content (AvgIpc) is 2.61. The lowest BCUT2D eigenvalue weighted by Crippen LogP contribution is -2.23. The fourth-order valence-electron chi connectivity index (χ4n) is 1.27. The highest BCUT2D eigenvalue weighted by molar-refractivity contribution is 7.88. The van der Waals surface area contributed by atoms with E-state index in [0.29, 0.717) is 10.9 Å². The number of fused-ring (bicyclic) bond motifs is 1. The van der Waals surface area contributed by atoms with Crippen LogP contribution in [0.15, 0.2) is 35.4 Å². The van der Waals surface area contributed by atoms with Gasteiger partial charge in [0.1, 0.15) is 0 Å². The monoisotopic (exact) mass is 228 g/mol. The van der Waals surface area contributed by atoms with Crippen molar-refractivity contribution in [3.63, 3.8) is 0 Å². The molecule has 0 saturated carbocycles. The summed E-state index contributed by atoms with van der Waals surface area (Å²) in [5, 5.41) is 17.5. The van der Waals surface area contributed by atoms with Crippen LogP contribution in [-0.4, -0.2) is 28.4 Å². The molecule has 7 heteroatoms. The molecule has 0 atom stereocenters. The second kappa shape index (κ2) is 3.31. The van der Waals surface area contributed by atoms with Crippen molar-refractivity contribution in [3.05, 3.63) is 30.3 Å². The predicted octanol–water partition coefficient (Wildman–Crippen LogP) is 0.937. The molecule has 0 spiro atoms. The summed E-state index contributed by atoms with van der Waals surface area (Å²) in [5.41, 5.74) is 0.609. The predicted molar refractivity (Wildman–Crippen MR) is 50.9 cm³/mol. The lowest BCUT2D eigenvalue weighted by molar-refractivity contribution is -0.226. The van der Waals surface area contributed by atoms with Crippen LogP contribution in [0.3, 0.4) is 0 Å². The van der Waals surface area contributed by atoms with Crippen molar-refractivity contribution in [1.82, 2.24) is 9.62 Å². The number of sulfonamides is 1. The molecule has 1 aromatic heterocycles. The van der Waals surface area contributed by atoms with E-state index in [4.69, 9.17) is 10.4 Å². The first-order chi connectivity index (χ1) is 7.01. The fourth-order valence-corrected chi connectivity index (χ4v) is 1.96. The van der Waals surface area contributed by atoms with Gasteiger partial charge in [-0.2, -0.15) is 0 Å². The molecule has 3 N–H and O–H groups in total. The zero-order chi connectivity index (χ0) is 11.1. The number of nitrogens with zero attached hydrogens (tertiary/aromatic N) is 1. The summed E-state index contributed by atoms with van der Waals surface area (Å²) in [7, 11) is -4.25. The second-order valence-electron chi connectivity index (χ2n) is 2.95. The van der Waals surface area contributed by atoms with Gasteiger partial charge in [-0.25, -0.2) is 8.42 Å². The summed E-state index contributed by atoms with van der Waals surface area (Å²) in [6.07, 6.45) is 0. The lowest BCUT2D eigenvalue weighted by atomic mass is 10.3. The number of H-pyrrole nitrogens is 1. The van der Waals surface area contributed by atoms with E-state index in [1.807, 2.05) is 0 Å². The lowest BCUT2D eigenvalue weighted by Gasteiger charge is -2.04. The highest BCUT2D eigenvalue weighted by Crippen LogP contribution is 2.19. The first kappa shape index (κ1) is 10.1. The number of aromatic nitrogens is 1. The molecule has 0 unspecified atom stereocenters. The number of rotatable bonds is 2. The van der Waals surface area contributed by atoms with Gasteiger partial charge < -0.3 is 4.98 Å². The fraction of sp³-hybridized carbons (Fsp3) is 0. The van der Waals surface area contributed by atoms with Crippen LogP contribution in [-0.2, 0) is 10.0 Å². The summed E-state index contributed by atoms with van der Waals surface area (Å²) < 4.78 is 21.8. The Morgan fingerprint density at radius 3 is 2.47 bits per heavy atom. The minimum Gasteiger partial charge on any atom is -0.344 e. The Morgan fingerprint density at radius 1 is 1.20 bits per heavy atom. The van der Waals surface area contributed by atoms with E-state index in [1.165, 1.54) is 6.07 Å². The van der Waals surface area contributed by atoms with Crippen molar-refractivity contribution >= 4 is 20.9 Å². The van der Waals surface area contributed by atoms with Gasteiger partial charge >= 0.3 is 10.0 Å². The third kappa shape index (κ3) is 1.61. The largest absolute Gasteiger partial charge is 0.344 e. The minimum atomic E-state index is -4.25. The zero-order valence-electron chi connectivity index (χ0n) is 7.45. The molecule has 6 nitrogen and oxygen atoms in total. The molecule has 15 heavy (non-hydrogen) atoms. The number of benzene rings is 1. The van der Waals surface area contributed by atoms with Crippen molar-refractivity contribution < 1.29 is 18.8 Å². The average molecular weight is 228 g/mol. The number of aromatic amines is 1. The first-order valence-corrected chi connectivity index (χ1v) is 5.46. The Bertz CT molecular complexity index is 554. The molecule has 80 valence electrons. The van der Waals surface area contributed by atoms with E-state index in [1.54, 1.807) is 24.3 Å². The third-order valence-corrected chi connectivity index (χ3v) is 3.20. The van der Waals surface area contributed by atoms with Gasteiger partial charge in [0.05, 0.1) is 4.63 Å². The van der Waals surface area contributed by atoms with Crippen LogP contribution in [0.1, 0.15) is 0 Å². The Labute approximate surface area is 85.3 Å². The van der Waals surface area contributed by atoms with E-state index < -0.39 is 14.7 Å². The van der Waals surface area contributed by atoms with Crippen LogP contribution in [0.25, 0.3) is 10.9 Å². The van der Waals surface area contributed by atoms with Crippen LogP contribution < -0.4 is 0 Å². The summed E-state index contributed by atoms with van der Waals surface area (Å²) >= 11 is 0. The van der Waals surface area contributed by atoms with Gasteiger partial charge in [-0.1, -0.05) is 18.2 Å². The van der Waals surface area contributed by atoms with E-state index in [-0.39, 0.29) is 5.03 Å². The Kier molecular flexibility index (Phi) is 2.24. The molecule has 0 aliphatic rings. The second-order valence-corrected chi connectivity index (χ2v) is 4.67. The Balaban J connectivity index is 2.64. The van der Waals surface area contributed by atoms with Crippen LogP contribution in [0, 0.1) is 0 Å². The van der Waals surface area contributed by atoms with Crippen molar-refractivity contribution in [1.29, 1.82) is 0 Å². The molecule has 2 aromatic rings. The summed E-state index contributed by atoms with van der Waals surface area (Å²) in [4.78, 5) is 2.57. The van der Waals surface area contributed by atoms with Crippen LogP contribution in [0.4, 0.5) is 0 Å². The molecule has 0 radical (unpaired) electrons. The van der Waals surface area contributed by atoms with Crippen molar-refractivity contribution in [3.8, 4) is 0 Å². The summed E-state index contributed by atoms with van der Waals surface area (Å²) in [5.74, 6) is 0. The maximum absolute atomic E-state index is 11.3. The molecule has 0 amide bonds. The zero-order valence-corrected chi connectivity index (χ0v) is 8.27. The van der Waals surface area contributed by atoms with Gasteiger partial charge in [0.2, 0.25) is 0 Å². The normalized spacial score (nSPS) is 12.5. The number of para-hydroxylation sites is 1. The number of hydrogen-bond acceptors (Lipinski definition) is 4. The Morgan fingerprint density at radius 2 is 1.87 bits per heavy atom. The molecular weight excluding hydrogens is 220 g/mol. The molecule has 0 aliphatic carbocycles. The highest BCUT2D eigenvalue weighted by Gasteiger charge is 2.23. The van der Waals surface area contributed by atoms with Crippen molar-refractivity contribution in [2.24, 2.45) is 0 Å². The summed E-state index contributed by atoms with van der Waals surface area (Å²) in [6, 6.07) is 8.22. The quantitative estimate of drug-likeness (QED) is 0.667. The standard InChI is InChI=1S/C8H8N2O4S/c11-10(12)15(13,14)8-5-6-3-1-2-4-7(6)9-8/h1-5,9,11-12H. The third-order valence-electron chi connectivity index (χ3n) is 2.00. The molecule has 1 heterocycles. The minimum absolute atomic E-state index is 0.270. The molecule has 0 bridgehead atoms. The SMILES string of the molecule is O=S(=O)(c1cc2ccccc2[nH]1)N(O)O. The number of nitrogens with one attached hydrogen (secondary N) is 1. The van der Waals surface area contributed by atoms with E-state index in [2.05, 4.69) is 4.98 Å². The number of hydrogen-bond donors (Lipinski definition) is 3. The molecule has 0 saturated heterocycles. The Hall–Kier alpha value is -1.41. The van der Waals surface area contributed by atoms with Crippen LogP contribution in [0.2, 0.25) is 0 Å². The smallest absolute Gasteiger partial charge is 0.303 e. The first-order valence-electron chi connectivity index (χ1n) is 4.02. The van der Waals surface area contributed by atoms with E-state index in [9.17, 15) is 8.42 Å². The molecule has 0 fully saturated rings. The van der Waals surface area contributed by atoms with Crippen LogP contribution in [0.5, 0.6) is 0 Å². The van der Waals surface area contributed by atoms with E-state index in [0.717, 1.165) is 0 Å². The van der Waals surface area contributed by atoms with Gasteiger partial charge in [0.15, 0.2) is 5.03 Å². The maximum atomic E-state index is 11.3. The van der Waals surface area contributed by atoms with Gasteiger partial charge in [0.25, 0.3) is 0 Å². The van der Waals surface area contributed by atoms with Gasteiger partial charge in [-0.15, -0.1) is 0 Å².